The van der Waals surface area contributed by atoms with Crippen LogP contribution in [0.25, 0.3) is 16.6 Å². The smallest absolute Gasteiger partial charge is 0.251 e. The van der Waals surface area contributed by atoms with E-state index in [1.807, 2.05) is 0 Å². The van der Waals surface area contributed by atoms with Gasteiger partial charge in [0.15, 0.2) is 11.8 Å². The van der Waals surface area contributed by atoms with E-state index in [0.717, 1.165) is 4.68 Å². The Morgan fingerprint density at radius 3 is 2.68 bits per heavy atom. The van der Waals surface area contributed by atoms with Crippen LogP contribution in [0.15, 0.2) is 73.2 Å². The number of nitrogens with one attached hydrogen (secondary N) is 1. The predicted molar refractivity (Wildman–Crippen MR) is 119 cm³/mol. The second-order valence-electron chi connectivity index (χ2n) is 8.52. The van der Waals surface area contributed by atoms with E-state index in [1.54, 1.807) is 59.5 Å². The van der Waals surface area contributed by atoms with Gasteiger partial charge in [0.1, 0.15) is 6.10 Å². The maximum Gasteiger partial charge on any atom is 0.251 e. The average molecular weight is 469 g/mol. The molecule has 0 unspecified atom stereocenters. The van der Waals surface area contributed by atoms with Crippen LogP contribution in [-0.4, -0.2) is 55.1 Å². The summed E-state index contributed by atoms with van der Waals surface area (Å²) in [5.41, 5.74) is -1.23. The zero-order chi connectivity index (χ0) is 23.9. The number of carbonyl (C=O) groups is 1. The number of aliphatic hydroxyl groups is 1. The van der Waals surface area contributed by atoms with Crippen LogP contribution in [0.2, 0.25) is 0 Å². The van der Waals surface area contributed by atoms with Crippen LogP contribution in [0.3, 0.4) is 0 Å². The lowest BCUT2D eigenvalue weighted by molar-refractivity contribution is -0.183. The van der Waals surface area contributed by atoms with Gasteiger partial charge in [-0.25, -0.2) is 22.5 Å². The fourth-order valence-electron chi connectivity index (χ4n) is 4.29. The number of hydrogen-bond acceptors (Lipinski definition) is 4. The van der Waals surface area contributed by atoms with Crippen molar-refractivity contribution < 1.29 is 23.1 Å². The summed E-state index contributed by atoms with van der Waals surface area (Å²) in [6.07, 6.45) is -1.25. The molecule has 0 bridgehead atoms. The maximum absolute atomic E-state index is 15.9. The molecule has 0 saturated heterocycles. The van der Waals surface area contributed by atoms with Gasteiger partial charge in [-0.1, -0.05) is 18.2 Å². The number of hydrogen-bond donors (Lipinski definition) is 2. The highest BCUT2D eigenvalue weighted by molar-refractivity contribution is 5.94. The van der Waals surface area contributed by atoms with Crippen molar-refractivity contribution in [3.8, 4) is 5.69 Å². The Morgan fingerprint density at radius 2 is 1.94 bits per heavy atom. The van der Waals surface area contributed by atoms with Gasteiger partial charge in [-0.3, -0.25) is 4.79 Å². The van der Waals surface area contributed by atoms with Crippen LogP contribution in [0.4, 0.5) is 13.2 Å². The molecule has 1 aliphatic rings. The number of alkyl halides is 3. The molecule has 7 nitrogen and oxygen atoms in total. The first-order chi connectivity index (χ1) is 16.3. The van der Waals surface area contributed by atoms with E-state index < -0.39 is 49.0 Å². The van der Waals surface area contributed by atoms with Crippen molar-refractivity contribution >= 4 is 16.8 Å². The summed E-state index contributed by atoms with van der Waals surface area (Å²) in [5.74, 6) is -3.23. The van der Waals surface area contributed by atoms with Gasteiger partial charge < -0.3 is 10.4 Å². The Bertz CT molecular complexity index is 1310. The first-order valence-electron chi connectivity index (χ1n) is 10.8. The van der Waals surface area contributed by atoms with Gasteiger partial charge in [0.05, 0.1) is 17.7 Å². The number of aliphatic hydroxyl groups excluding tert-OH is 1. The third kappa shape index (κ3) is 3.73. The van der Waals surface area contributed by atoms with Crippen LogP contribution < -0.4 is 5.32 Å². The molecule has 2 heterocycles. The molecule has 10 heteroatoms. The summed E-state index contributed by atoms with van der Waals surface area (Å²) in [7, 11) is 0. The van der Waals surface area contributed by atoms with Gasteiger partial charge >= 0.3 is 0 Å². The number of carbonyl (C=O) groups excluding carboxylic acids is 1. The third-order valence-corrected chi connectivity index (χ3v) is 6.34. The van der Waals surface area contributed by atoms with Crippen LogP contribution in [0.5, 0.6) is 0 Å². The zero-order valence-corrected chi connectivity index (χ0v) is 18.0. The lowest BCUT2D eigenvalue weighted by Gasteiger charge is -2.43. The second-order valence-corrected chi connectivity index (χ2v) is 8.52. The van der Waals surface area contributed by atoms with E-state index in [4.69, 9.17) is 0 Å². The number of halogens is 3. The van der Waals surface area contributed by atoms with E-state index >= 15 is 13.2 Å². The Balaban J connectivity index is 1.35. The minimum Gasteiger partial charge on any atom is -0.384 e. The van der Waals surface area contributed by atoms with Gasteiger partial charge in [-0.15, -0.1) is 0 Å². The molecule has 4 aromatic rings. The van der Waals surface area contributed by atoms with Crippen molar-refractivity contribution in [1.29, 1.82) is 0 Å². The normalized spacial score (nSPS) is 27.1. The fraction of sp³-hybridized carbons (Fsp3) is 0.292. The van der Waals surface area contributed by atoms with E-state index in [1.165, 1.54) is 18.3 Å². The molecule has 1 fully saturated rings. The van der Waals surface area contributed by atoms with E-state index in [-0.39, 0.29) is 5.56 Å². The molecule has 0 radical (unpaired) electrons. The molecule has 1 saturated carbocycles. The van der Waals surface area contributed by atoms with E-state index in [9.17, 15) is 9.90 Å². The van der Waals surface area contributed by atoms with Gasteiger partial charge in [0.25, 0.3) is 5.91 Å². The lowest BCUT2D eigenvalue weighted by atomic mass is 9.78. The van der Waals surface area contributed by atoms with Gasteiger partial charge in [0.2, 0.25) is 5.79 Å². The maximum atomic E-state index is 15.9. The molecular weight excluding hydrogens is 447 g/mol. The second kappa shape index (κ2) is 8.28. The number of benzene rings is 2. The number of amides is 1. The lowest BCUT2D eigenvalue weighted by Crippen LogP contribution is -2.61. The van der Waals surface area contributed by atoms with Crippen molar-refractivity contribution in [1.82, 2.24) is 24.9 Å². The summed E-state index contributed by atoms with van der Waals surface area (Å²) in [4.78, 5) is 12.2. The quantitative estimate of drug-likeness (QED) is 0.469. The van der Waals surface area contributed by atoms with Crippen LogP contribution in [0, 0.1) is 0 Å². The van der Waals surface area contributed by atoms with E-state index in [2.05, 4.69) is 15.5 Å². The minimum atomic E-state index is -2.65. The Kier molecular flexibility index (Phi) is 5.40. The molecular formula is C24H22F3N5O2. The van der Waals surface area contributed by atoms with Crippen molar-refractivity contribution in [2.45, 2.75) is 36.6 Å². The molecule has 1 amide bonds. The Morgan fingerprint density at radius 1 is 1.15 bits per heavy atom. The standard InChI is InChI=1S/C24H22F3N5O2/c25-20-21(33)24(27,10-9-23(20,26)15-28-22(34)16-5-2-1-3-6-16)32-14-17-7-8-18(13-19(17)30-32)31-12-4-11-29-31/h1-8,11-14,20-21,33H,9-10,15H2,(H,28,34)/t20-,21-,23-,24+/m1/s1. The minimum absolute atomic E-state index is 0.287. The Labute approximate surface area is 192 Å². The third-order valence-electron chi connectivity index (χ3n) is 6.34. The monoisotopic (exact) mass is 469 g/mol. The average Bonchev–Trinajstić information content (AvgIpc) is 3.54. The van der Waals surface area contributed by atoms with Crippen LogP contribution >= 0.6 is 0 Å². The molecule has 5 rings (SSSR count). The van der Waals surface area contributed by atoms with Crippen LogP contribution in [-0.2, 0) is 5.79 Å². The highest BCUT2D eigenvalue weighted by Crippen LogP contribution is 2.44. The highest BCUT2D eigenvalue weighted by Gasteiger charge is 2.59. The molecule has 0 aliphatic heterocycles. The SMILES string of the molecule is O=C(NC[C@]1(F)CC[C@](F)(n2cc3ccc(-n4cccn4)cc3n2)[C@H](O)[C@H]1F)c1ccccc1. The molecule has 2 N–H and O–H groups in total. The summed E-state index contributed by atoms with van der Waals surface area (Å²) in [6, 6.07) is 15.0. The highest BCUT2D eigenvalue weighted by atomic mass is 19.2. The number of rotatable bonds is 5. The van der Waals surface area contributed by atoms with Crippen LogP contribution in [0.1, 0.15) is 23.2 Å². The molecule has 176 valence electrons. The molecule has 4 atom stereocenters. The summed E-state index contributed by atoms with van der Waals surface area (Å²) >= 11 is 0. The summed E-state index contributed by atoms with van der Waals surface area (Å²) < 4.78 is 48.9. The van der Waals surface area contributed by atoms with E-state index in [0.29, 0.717) is 16.6 Å². The number of aromatic nitrogens is 4. The van der Waals surface area contributed by atoms with Gasteiger partial charge in [0, 0.05) is 36.0 Å². The first-order valence-corrected chi connectivity index (χ1v) is 10.8. The predicted octanol–water partition coefficient (Wildman–Crippen LogP) is 3.48. The van der Waals surface area contributed by atoms with Gasteiger partial charge in [-0.05, 0) is 42.8 Å². The number of fused-ring (bicyclic) bond motifs is 1. The Hall–Kier alpha value is -3.66. The summed E-state index contributed by atoms with van der Waals surface area (Å²) in [5, 5.41) is 21.8. The molecule has 2 aromatic carbocycles. The van der Waals surface area contributed by atoms with Crippen molar-refractivity contribution in [3.63, 3.8) is 0 Å². The fourth-order valence-corrected chi connectivity index (χ4v) is 4.29. The molecule has 1 aliphatic carbocycles. The largest absolute Gasteiger partial charge is 0.384 e. The van der Waals surface area contributed by atoms with Gasteiger partial charge in [-0.2, -0.15) is 10.2 Å². The topological polar surface area (TPSA) is 85.0 Å². The van der Waals surface area contributed by atoms with Crippen molar-refractivity contribution in [2.24, 2.45) is 0 Å². The van der Waals surface area contributed by atoms with Crippen molar-refractivity contribution in [3.05, 3.63) is 78.8 Å². The first kappa shape index (κ1) is 22.1. The molecule has 2 aromatic heterocycles. The number of nitrogens with zero attached hydrogens (tertiary/aromatic N) is 4. The molecule has 0 spiro atoms. The summed E-state index contributed by atoms with van der Waals surface area (Å²) in [6.45, 7) is -0.691. The van der Waals surface area contributed by atoms with Crippen molar-refractivity contribution in [2.75, 3.05) is 6.54 Å². The zero-order valence-electron chi connectivity index (χ0n) is 18.0. The molecule has 34 heavy (non-hydrogen) atoms.